The van der Waals surface area contributed by atoms with Gasteiger partial charge in [-0.15, -0.1) is 0 Å². The first-order valence-electron chi connectivity index (χ1n) is 6.82. The van der Waals surface area contributed by atoms with Gasteiger partial charge in [0.25, 0.3) is 0 Å². The van der Waals surface area contributed by atoms with E-state index in [4.69, 9.17) is 4.52 Å². The minimum Gasteiger partial charge on any atom is -0.359 e. The number of thioether (sulfide) groups is 1. The molecule has 1 fully saturated rings. The van der Waals surface area contributed by atoms with Crippen molar-refractivity contribution in [1.29, 1.82) is 0 Å². The topological polar surface area (TPSA) is 62.5 Å². The van der Waals surface area contributed by atoms with Crippen molar-refractivity contribution in [2.75, 3.05) is 19.3 Å². The van der Waals surface area contributed by atoms with E-state index in [-0.39, 0.29) is 0 Å². The van der Waals surface area contributed by atoms with E-state index < -0.39 is 0 Å². The summed E-state index contributed by atoms with van der Waals surface area (Å²) in [4.78, 5) is 4.21. The highest BCUT2D eigenvalue weighted by Gasteiger charge is 2.15. The molecular weight excluding hydrogens is 260 g/mol. The molecule has 5 nitrogen and oxygen atoms in total. The van der Waals surface area contributed by atoms with Crippen LogP contribution in [0.4, 0.5) is 0 Å². The number of aromatic nitrogens is 1. The second kappa shape index (κ2) is 7.43. The van der Waals surface area contributed by atoms with Gasteiger partial charge in [0.2, 0.25) is 0 Å². The smallest absolute Gasteiger partial charge is 0.191 e. The molecule has 0 radical (unpaired) electrons. The van der Waals surface area contributed by atoms with E-state index in [1.54, 1.807) is 7.05 Å². The monoisotopic (exact) mass is 282 g/mol. The highest BCUT2D eigenvalue weighted by atomic mass is 32.2. The van der Waals surface area contributed by atoms with Gasteiger partial charge >= 0.3 is 0 Å². The van der Waals surface area contributed by atoms with Crippen molar-refractivity contribution in [2.24, 2.45) is 4.99 Å². The zero-order valence-corrected chi connectivity index (χ0v) is 12.4. The van der Waals surface area contributed by atoms with Crippen LogP contribution in [-0.2, 0) is 13.0 Å². The molecule has 1 aliphatic heterocycles. The number of nitrogens with one attached hydrogen (secondary N) is 2. The third-order valence-corrected chi connectivity index (χ3v) is 4.54. The molecule has 106 valence electrons. The molecule has 0 amide bonds. The molecule has 2 heterocycles. The van der Waals surface area contributed by atoms with Gasteiger partial charge in [-0.2, -0.15) is 11.8 Å². The van der Waals surface area contributed by atoms with E-state index in [1.807, 2.05) is 17.8 Å². The highest BCUT2D eigenvalue weighted by molar-refractivity contribution is 8.00. The van der Waals surface area contributed by atoms with Gasteiger partial charge in [0.15, 0.2) is 11.7 Å². The number of nitrogens with zero attached hydrogens (tertiary/aromatic N) is 2. The summed E-state index contributed by atoms with van der Waals surface area (Å²) in [6, 6.07) is 1.98. The van der Waals surface area contributed by atoms with Crippen molar-refractivity contribution in [3.05, 3.63) is 17.5 Å². The number of rotatable bonds is 5. The number of hydrogen-bond donors (Lipinski definition) is 2. The highest BCUT2D eigenvalue weighted by Crippen LogP contribution is 2.25. The molecule has 1 saturated heterocycles. The third kappa shape index (κ3) is 4.45. The van der Waals surface area contributed by atoms with Gasteiger partial charge in [0.1, 0.15) is 0 Å². The molecule has 0 aromatic carbocycles. The third-order valence-electron chi connectivity index (χ3n) is 3.14. The molecule has 1 aromatic heterocycles. The summed E-state index contributed by atoms with van der Waals surface area (Å²) in [5.41, 5.74) is 0.988. The summed E-state index contributed by atoms with van der Waals surface area (Å²) >= 11 is 2.04. The maximum absolute atomic E-state index is 5.23. The van der Waals surface area contributed by atoms with Crippen LogP contribution in [0.15, 0.2) is 15.6 Å². The average Bonchev–Trinajstić information content (AvgIpc) is 3.10. The standard InChI is InChI=1S/C13H22N4OS/c1-3-10-7-11(18-17-10)8-15-13(14-2)16-9-12-5-4-6-19-12/h7,12H,3-6,8-9H2,1-2H3,(H2,14,15,16). The van der Waals surface area contributed by atoms with Gasteiger partial charge in [0.05, 0.1) is 12.2 Å². The van der Waals surface area contributed by atoms with Crippen molar-refractivity contribution in [2.45, 2.75) is 38.0 Å². The van der Waals surface area contributed by atoms with Crippen LogP contribution in [0.25, 0.3) is 0 Å². The van der Waals surface area contributed by atoms with Gasteiger partial charge in [-0.1, -0.05) is 12.1 Å². The molecule has 1 aliphatic rings. The molecule has 2 rings (SSSR count). The molecule has 1 atom stereocenters. The SMILES string of the molecule is CCc1cc(CNC(=NC)NCC2CCCS2)on1. The van der Waals surface area contributed by atoms with Crippen LogP contribution in [0.5, 0.6) is 0 Å². The zero-order chi connectivity index (χ0) is 13.5. The number of guanidine groups is 1. The Kier molecular flexibility index (Phi) is 5.57. The van der Waals surface area contributed by atoms with E-state index >= 15 is 0 Å². The lowest BCUT2D eigenvalue weighted by molar-refractivity contribution is 0.374. The average molecular weight is 282 g/mol. The molecular formula is C13H22N4OS. The molecule has 0 bridgehead atoms. The summed E-state index contributed by atoms with van der Waals surface area (Å²) < 4.78 is 5.23. The van der Waals surface area contributed by atoms with Gasteiger partial charge in [-0.3, -0.25) is 4.99 Å². The fraction of sp³-hybridized carbons (Fsp3) is 0.692. The van der Waals surface area contributed by atoms with Crippen LogP contribution in [0.1, 0.15) is 31.2 Å². The first-order valence-corrected chi connectivity index (χ1v) is 7.87. The largest absolute Gasteiger partial charge is 0.359 e. The lowest BCUT2D eigenvalue weighted by Gasteiger charge is -2.13. The Hall–Kier alpha value is -1.17. The van der Waals surface area contributed by atoms with E-state index in [1.165, 1.54) is 18.6 Å². The summed E-state index contributed by atoms with van der Waals surface area (Å²) in [5.74, 6) is 2.95. The van der Waals surface area contributed by atoms with E-state index in [0.29, 0.717) is 6.54 Å². The summed E-state index contributed by atoms with van der Waals surface area (Å²) in [6.45, 7) is 3.65. The Morgan fingerprint density at radius 2 is 2.47 bits per heavy atom. The van der Waals surface area contributed by atoms with E-state index in [2.05, 4.69) is 27.7 Å². The van der Waals surface area contributed by atoms with Crippen molar-refractivity contribution in [1.82, 2.24) is 15.8 Å². The number of aryl methyl sites for hydroxylation is 1. The molecule has 1 aromatic rings. The summed E-state index contributed by atoms with van der Waals surface area (Å²) in [6.07, 6.45) is 3.53. The fourth-order valence-electron chi connectivity index (χ4n) is 2.01. The van der Waals surface area contributed by atoms with Crippen LogP contribution >= 0.6 is 11.8 Å². The van der Waals surface area contributed by atoms with Crippen molar-refractivity contribution in [3.63, 3.8) is 0 Å². The molecule has 1 unspecified atom stereocenters. The molecule has 19 heavy (non-hydrogen) atoms. The Balaban J connectivity index is 1.72. The maximum Gasteiger partial charge on any atom is 0.191 e. The fourth-order valence-corrected chi connectivity index (χ4v) is 3.21. The van der Waals surface area contributed by atoms with Crippen LogP contribution < -0.4 is 10.6 Å². The lowest BCUT2D eigenvalue weighted by Crippen LogP contribution is -2.39. The Morgan fingerprint density at radius 1 is 1.58 bits per heavy atom. The van der Waals surface area contributed by atoms with Crippen LogP contribution in [0, 0.1) is 0 Å². The summed E-state index contributed by atoms with van der Waals surface area (Å²) in [7, 11) is 1.79. The van der Waals surface area contributed by atoms with Gasteiger partial charge < -0.3 is 15.2 Å². The van der Waals surface area contributed by atoms with Crippen molar-refractivity contribution < 1.29 is 4.52 Å². The Bertz CT molecular complexity index is 413. The molecule has 0 saturated carbocycles. The minimum absolute atomic E-state index is 0.616. The molecule has 6 heteroatoms. The number of hydrogen-bond acceptors (Lipinski definition) is 4. The van der Waals surface area contributed by atoms with E-state index in [9.17, 15) is 0 Å². The lowest BCUT2D eigenvalue weighted by atomic mass is 10.2. The van der Waals surface area contributed by atoms with Crippen LogP contribution in [0.3, 0.4) is 0 Å². The predicted molar refractivity (Wildman–Crippen MR) is 79.6 cm³/mol. The normalized spacial score (nSPS) is 19.7. The maximum atomic E-state index is 5.23. The zero-order valence-electron chi connectivity index (χ0n) is 11.6. The molecule has 0 aliphatic carbocycles. The second-order valence-corrected chi connectivity index (χ2v) is 5.99. The predicted octanol–water partition coefficient (Wildman–Crippen LogP) is 1.80. The summed E-state index contributed by atoms with van der Waals surface area (Å²) in [5, 5.41) is 11.3. The van der Waals surface area contributed by atoms with Crippen molar-refractivity contribution in [3.8, 4) is 0 Å². The molecule has 2 N–H and O–H groups in total. The minimum atomic E-state index is 0.616. The Labute approximate surface area is 118 Å². The van der Waals surface area contributed by atoms with Crippen LogP contribution in [0.2, 0.25) is 0 Å². The van der Waals surface area contributed by atoms with Gasteiger partial charge in [0, 0.05) is 24.9 Å². The quantitative estimate of drug-likeness (QED) is 0.637. The first-order chi connectivity index (χ1) is 9.31. The van der Waals surface area contributed by atoms with Crippen LogP contribution in [-0.4, -0.2) is 35.7 Å². The first kappa shape index (κ1) is 14.2. The van der Waals surface area contributed by atoms with E-state index in [0.717, 1.165) is 35.6 Å². The Morgan fingerprint density at radius 3 is 3.11 bits per heavy atom. The van der Waals surface area contributed by atoms with Gasteiger partial charge in [-0.25, -0.2) is 0 Å². The number of aliphatic imine (C=N–C) groups is 1. The van der Waals surface area contributed by atoms with Crippen molar-refractivity contribution >= 4 is 17.7 Å². The second-order valence-electron chi connectivity index (χ2n) is 4.58. The van der Waals surface area contributed by atoms with Gasteiger partial charge in [-0.05, 0) is 25.0 Å². The molecule has 0 spiro atoms.